The van der Waals surface area contributed by atoms with Gasteiger partial charge in [-0.3, -0.25) is 4.90 Å². The Morgan fingerprint density at radius 3 is 2.77 bits per heavy atom. The van der Waals surface area contributed by atoms with Crippen LogP contribution in [0.1, 0.15) is 25.1 Å². The van der Waals surface area contributed by atoms with Crippen molar-refractivity contribution in [3.05, 3.63) is 30.1 Å². The van der Waals surface area contributed by atoms with Gasteiger partial charge < -0.3 is 19.7 Å². The van der Waals surface area contributed by atoms with Crippen molar-refractivity contribution >= 4 is 0 Å². The molecule has 26 heavy (non-hydrogen) atoms. The number of piperidine rings is 1. The van der Waals surface area contributed by atoms with E-state index in [1.165, 1.54) is 0 Å². The van der Waals surface area contributed by atoms with Gasteiger partial charge in [-0.15, -0.1) is 0 Å². The lowest BCUT2D eigenvalue weighted by Gasteiger charge is -2.34. The van der Waals surface area contributed by atoms with Crippen LogP contribution in [0.5, 0.6) is 5.75 Å². The third kappa shape index (κ3) is 3.60. The van der Waals surface area contributed by atoms with Crippen molar-refractivity contribution in [1.82, 2.24) is 15.0 Å². The standard InChI is InChI=1S/C19H26N4O3/c1-24-16-5-3-2-4-14(16)19-21-17(22-26-19)12-23-9-6-13(7-10-23)18-15(20)8-11-25-18/h2-5,13,15,18H,6-12,20H2,1H3/t15-,18+/m1/s1. The molecule has 0 spiro atoms. The Hall–Kier alpha value is -1.96. The number of nitrogens with two attached hydrogens (primary N) is 1. The van der Waals surface area contributed by atoms with E-state index in [0.717, 1.165) is 50.3 Å². The van der Waals surface area contributed by atoms with Gasteiger partial charge in [-0.25, -0.2) is 0 Å². The molecule has 0 aliphatic carbocycles. The Morgan fingerprint density at radius 1 is 1.23 bits per heavy atom. The van der Waals surface area contributed by atoms with Crippen molar-refractivity contribution < 1.29 is 14.0 Å². The molecule has 2 N–H and O–H groups in total. The topological polar surface area (TPSA) is 86.6 Å². The number of methoxy groups -OCH3 is 1. The summed E-state index contributed by atoms with van der Waals surface area (Å²) in [5.74, 6) is 2.51. The summed E-state index contributed by atoms with van der Waals surface area (Å²) in [6.45, 7) is 3.52. The molecule has 0 unspecified atom stereocenters. The summed E-state index contributed by atoms with van der Waals surface area (Å²) in [4.78, 5) is 6.92. The molecule has 140 valence electrons. The molecule has 7 nitrogen and oxygen atoms in total. The van der Waals surface area contributed by atoms with Gasteiger partial charge in [0.2, 0.25) is 0 Å². The second-order valence-corrected chi connectivity index (χ2v) is 7.12. The summed E-state index contributed by atoms with van der Waals surface area (Å²) in [5, 5.41) is 4.14. The molecule has 3 heterocycles. The number of para-hydroxylation sites is 1. The monoisotopic (exact) mass is 358 g/mol. The number of rotatable bonds is 5. The van der Waals surface area contributed by atoms with Gasteiger partial charge in [0, 0.05) is 12.6 Å². The molecule has 0 saturated carbocycles. The molecule has 1 aromatic heterocycles. The summed E-state index contributed by atoms with van der Waals surface area (Å²) in [7, 11) is 1.64. The first-order valence-electron chi connectivity index (χ1n) is 9.30. The van der Waals surface area contributed by atoms with Crippen LogP contribution in [0.15, 0.2) is 28.8 Å². The van der Waals surface area contributed by atoms with E-state index >= 15 is 0 Å². The fourth-order valence-corrected chi connectivity index (χ4v) is 4.00. The number of hydrogen-bond donors (Lipinski definition) is 1. The van der Waals surface area contributed by atoms with Gasteiger partial charge in [-0.1, -0.05) is 17.3 Å². The van der Waals surface area contributed by atoms with Crippen molar-refractivity contribution in [2.45, 2.75) is 38.0 Å². The zero-order chi connectivity index (χ0) is 17.9. The first kappa shape index (κ1) is 17.5. The minimum absolute atomic E-state index is 0.201. The van der Waals surface area contributed by atoms with E-state index in [0.29, 0.717) is 24.2 Å². The molecule has 0 bridgehead atoms. The summed E-state index contributed by atoms with van der Waals surface area (Å²) >= 11 is 0. The third-order valence-electron chi connectivity index (χ3n) is 5.45. The van der Waals surface area contributed by atoms with E-state index < -0.39 is 0 Å². The lowest BCUT2D eigenvalue weighted by atomic mass is 9.88. The smallest absolute Gasteiger partial charge is 0.261 e. The summed E-state index contributed by atoms with van der Waals surface area (Å²) in [6, 6.07) is 7.87. The normalized spacial score (nSPS) is 24.8. The van der Waals surface area contributed by atoms with Crippen LogP contribution < -0.4 is 10.5 Å². The molecule has 4 rings (SSSR count). The molecule has 2 aliphatic heterocycles. The Kier molecular flexibility index (Phi) is 5.19. The summed E-state index contributed by atoms with van der Waals surface area (Å²) in [5.41, 5.74) is 6.99. The number of aromatic nitrogens is 2. The first-order chi connectivity index (χ1) is 12.7. The highest BCUT2D eigenvalue weighted by atomic mass is 16.5. The second kappa shape index (κ2) is 7.73. The van der Waals surface area contributed by atoms with Gasteiger partial charge in [-0.2, -0.15) is 4.98 Å². The van der Waals surface area contributed by atoms with E-state index in [4.69, 9.17) is 19.7 Å². The van der Waals surface area contributed by atoms with Crippen LogP contribution in [0.3, 0.4) is 0 Å². The van der Waals surface area contributed by atoms with Crippen molar-refractivity contribution in [1.29, 1.82) is 0 Å². The lowest BCUT2D eigenvalue weighted by molar-refractivity contribution is 0.0240. The Bertz CT molecular complexity index is 727. The molecule has 2 saturated heterocycles. The highest BCUT2D eigenvalue weighted by Gasteiger charge is 2.34. The van der Waals surface area contributed by atoms with Gasteiger partial charge >= 0.3 is 0 Å². The quantitative estimate of drug-likeness (QED) is 0.875. The zero-order valence-electron chi connectivity index (χ0n) is 15.1. The SMILES string of the molecule is COc1ccccc1-c1nc(CN2CCC([C@@H]3OCC[C@H]3N)CC2)no1. The fraction of sp³-hybridized carbons (Fsp3) is 0.579. The largest absolute Gasteiger partial charge is 0.496 e. The maximum atomic E-state index is 6.17. The predicted octanol–water partition coefficient (Wildman–Crippen LogP) is 2.07. The number of ether oxygens (including phenoxy) is 2. The summed E-state index contributed by atoms with van der Waals surface area (Å²) in [6.07, 6.45) is 3.43. The van der Waals surface area contributed by atoms with Crippen LogP contribution in [-0.2, 0) is 11.3 Å². The van der Waals surface area contributed by atoms with Gasteiger partial charge in [0.25, 0.3) is 5.89 Å². The Balaban J connectivity index is 1.35. The van der Waals surface area contributed by atoms with Gasteiger partial charge in [0.05, 0.1) is 25.3 Å². The van der Waals surface area contributed by atoms with Crippen LogP contribution in [0, 0.1) is 5.92 Å². The van der Waals surface area contributed by atoms with Crippen LogP contribution in [0.2, 0.25) is 0 Å². The minimum Gasteiger partial charge on any atom is -0.496 e. The van der Waals surface area contributed by atoms with E-state index in [2.05, 4.69) is 15.0 Å². The van der Waals surface area contributed by atoms with E-state index in [1.807, 2.05) is 24.3 Å². The number of nitrogens with zero attached hydrogens (tertiary/aromatic N) is 3. The lowest BCUT2D eigenvalue weighted by Crippen LogP contribution is -2.43. The predicted molar refractivity (Wildman–Crippen MR) is 96.6 cm³/mol. The molecule has 1 aromatic carbocycles. The number of benzene rings is 1. The maximum Gasteiger partial charge on any atom is 0.261 e. The van der Waals surface area contributed by atoms with Crippen molar-refractivity contribution in [3.8, 4) is 17.2 Å². The van der Waals surface area contributed by atoms with Gasteiger partial charge in [0.1, 0.15) is 5.75 Å². The molecule has 7 heteroatoms. The highest BCUT2D eigenvalue weighted by Crippen LogP contribution is 2.30. The number of likely N-dealkylation sites (tertiary alicyclic amines) is 1. The Labute approximate surface area is 153 Å². The Morgan fingerprint density at radius 2 is 2.04 bits per heavy atom. The highest BCUT2D eigenvalue weighted by molar-refractivity contribution is 5.62. The molecule has 2 fully saturated rings. The molecule has 2 aliphatic rings. The van der Waals surface area contributed by atoms with E-state index in [1.54, 1.807) is 7.11 Å². The minimum atomic E-state index is 0.201. The van der Waals surface area contributed by atoms with Crippen molar-refractivity contribution in [2.75, 3.05) is 26.8 Å². The first-order valence-corrected chi connectivity index (χ1v) is 9.30. The van der Waals surface area contributed by atoms with E-state index in [-0.39, 0.29) is 12.1 Å². The number of hydrogen-bond acceptors (Lipinski definition) is 7. The molecule has 2 atom stereocenters. The average molecular weight is 358 g/mol. The third-order valence-corrected chi connectivity index (χ3v) is 5.45. The van der Waals surface area contributed by atoms with Crippen LogP contribution in [-0.4, -0.2) is 54.0 Å². The van der Waals surface area contributed by atoms with Crippen molar-refractivity contribution in [2.24, 2.45) is 11.7 Å². The molecule has 2 aromatic rings. The van der Waals surface area contributed by atoms with Crippen LogP contribution in [0.25, 0.3) is 11.5 Å². The summed E-state index contributed by atoms with van der Waals surface area (Å²) < 4.78 is 16.7. The zero-order valence-corrected chi connectivity index (χ0v) is 15.1. The van der Waals surface area contributed by atoms with Crippen LogP contribution in [0.4, 0.5) is 0 Å². The van der Waals surface area contributed by atoms with Crippen LogP contribution >= 0.6 is 0 Å². The average Bonchev–Trinajstić information content (AvgIpc) is 3.31. The maximum absolute atomic E-state index is 6.17. The van der Waals surface area contributed by atoms with E-state index in [9.17, 15) is 0 Å². The van der Waals surface area contributed by atoms with Gasteiger partial charge in [-0.05, 0) is 50.4 Å². The molecular weight excluding hydrogens is 332 g/mol. The molecule has 0 radical (unpaired) electrons. The second-order valence-electron chi connectivity index (χ2n) is 7.12. The fourth-order valence-electron chi connectivity index (χ4n) is 4.00. The van der Waals surface area contributed by atoms with Crippen molar-refractivity contribution in [3.63, 3.8) is 0 Å². The van der Waals surface area contributed by atoms with Gasteiger partial charge in [0.15, 0.2) is 5.82 Å². The molecule has 0 amide bonds. The molecular formula is C19H26N4O3.